The van der Waals surface area contributed by atoms with Crippen LogP contribution in [0.3, 0.4) is 0 Å². The molecule has 5 nitrogen and oxygen atoms in total. The van der Waals surface area contributed by atoms with Gasteiger partial charge in [0.2, 0.25) is 0 Å². The molecule has 3 aromatic rings. The second-order valence-electron chi connectivity index (χ2n) is 4.89. The zero-order chi connectivity index (χ0) is 15.9. The third-order valence-electron chi connectivity index (χ3n) is 3.31. The van der Waals surface area contributed by atoms with Crippen LogP contribution in [-0.4, -0.2) is 27.1 Å². The number of thioether (sulfide) groups is 1. The van der Waals surface area contributed by atoms with Gasteiger partial charge in [-0.3, -0.25) is 4.57 Å². The molecule has 0 aliphatic rings. The fraction of sp³-hybridized carbons (Fsp3) is 0.294. The Hall–Kier alpha value is -2.21. The third-order valence-corrected chi connectivity index (χ3v) is 4.36. The summed E-state index contributed by atoms with van der Waals surface area (Å²) in [4.78, 5) is 0. The largest absolute Gasteiger partial charge is 0.494 e. The second kappa shape index (κ2) is 7.87. The molecular weight excluding hydrogens is 310 g/mol. The van der Waals surface area contributed by atoms with E-state index in [1.807, 2.05) is 42.5 Å². The van der Waals surface area contributed by atoms with Crippen molar-refractivity contribution in [3.05, 3.63) is 48.7 Å². The minimum Gasteiger partial charge on any atom is -0.494 e. The highest BCUT2D eigenvalue weighted by molar-refractivity contribution is 7.99. The van der Waals surface area contributed by atoms with Crippen LogP contribution >= 0.6 is 11.8 Å². The van der Waals surface area contributed by atoms with Gasteiger partial charge in [-0.2, -0.15) is 0 Å². The molecule has 23 heavy (non-hydrogen) atoms. The van der Waals surface area contributed by atoms with Gasteiger partial charge in [0.15, 0.2) is 16.7 Å². The zero-order valence-corrected chi connectivity index (χ0v) is 13.8. The van der Waals surface area contributed by atoms with Crippen LogP contribution in [0.5, 0.6) is 5.75 Å². The number of hydrogen-bond acceptors (Lipinski definition) is 5. The van der Waals surface area contributed by atoms with Crippen LogP contribution in [0.4, 0.5) is 0 Å². The third kappa shape index (κ3) is 3.96. The van der Waals surface area contributed by atoms with E-state index in [0.29, 0.717) is 6.61 Å². The summed E-state index contributed by atoms with van der Waals surface area (Å²) in [7, 11) is 0. The molecule has 0 fully saturated rings. The molecule has 0 atom stereocenters. The number of furan rings is 1. The topological polar surface area (TPSA) is 53.1 Å². The quantitative estimate of drug-likeness (QED) is 0.459. The molecule has 0 spiro atoms. The Morgan fingerprint density at radius 1 is 1.13 bits per heavy atom. The first-order valence-electron chi connectivity index (χ1n) is 7.66. The summed E-state index contributed by atoms with van der Waals surface area (Å²) in [6.45, 7) is 3.59. The monoisotopic (exact) mass is 329 g/mol. The van der Waals surface area contributed by atoms with E-state index in [-0.39, 0.29) is 0 Å². The molecule has 0 aliphatic heterocycles. The summed E-state index contributed by atoms with van der Waals surface area (Å²) in [6, 6.07) is 13.6. The molecule has 120 valence electrons. The zero-order valence-electron chi connectivity index (χ0n) is 13.0. The fourth-order valence-corrected chi connectivity index (χ4v) is 3.11. The molecule has 0 bridgehead atoms. The minimum atomic E-state index is 0.697. The van der Waals surface area contributed by atoms with Gasteiger partial charge in [-0.15, -0.1) is 10.2 Å². The van der Waals surface area contributed by atoms with Crippen LogP contribution in [0, 0.1) is 0 Å². The lowest BCUT2D eigenvalue weighted by atomic mass is 10.3. The SMILES string of the molecule is CCn1c(SCCCOc2ccccc2)nnc1-c1ccco1. The Bertz CT molecular complexity index is 711. The van der Waals surface area contributed by atoms with Gasteiger partial charge in [0.25, 0.3) is 0 Å². The van der Waals surface area contributed by atoms with Crippen molar-refractivity contribution in [3.63, 3.8) is 0 Å². The van der Waals surface area contributed by atoms with E-state index >= 15 is 0 Å². The highest BCUT2D eigenvalue weighted by atomic mass is 32.2. The molecule has 0 aliphatic carbocycles. The Morgan fingerprint density at radius 3 is 2.74 bits per heavy atom. The van der Waals surface area contributed by atoms with Gasteiger partial charge in [0, 0.05) is 12.3 Å². The van der Waals surface area contributed by atoms with E-state index in [1.165, 1.54) is 0 Å². The van der Waals surface area contributed by atoms with E-state index in [9.17, 15) is 0 Å². The van der Waals surface area contributed by atoms with Crippen LogP contribution in [0.2, 0.25) is 0 Å². The molecule has 3 rings (SSSR count). The van der Waals surface area contributed by atoms with E-state index in [1.54, 1.807) is 18.0 Å². The van der Waals surface area contributed by atoms with E-state index < -0.39 is 0 Å². The summed E-state index contributed by atoms with van der Waals surface area (Å²) < 4.78 is 13.2. The average molecular weight is 329 g/mol. The highest BCUT2D eigenvalue weighted by Crippen LogP contribution is 2.24. The highest BCUT2D eigenvalue weighted by Gasteiger charge is 2.14. The van der Waals surface area contributed by atoms with E-state index in [0.717, 1.165) is 41.2 Å². The summed E-state index contributed by atoms with van der Waals surface area (Å²) >= 11 is 1.69. The predicted octanol–water partition coefficient (Wildman–Crippen LogP) is 4.12. The Balaban J connectivity index is 1.51. The first-order chi connectivity index (χ1) is 11.4. The van der Waals surface area contributed by atoms with Gasteiger partial charge in [0.05, 0.1) is 12.9 Å². The molecule has 6 heteroatoms. The number of nitrogens with zero attached hydrogens (tertiary/aromatic N) is 3. The average Bonchev–Trinajstić information content (AvgIpc) is 3.24. The number of benzene rings is 1. The first-order valence-corrected chi connectivity index (χ1v) is 8.64. The lowest BCUT2D eigenvalue weighted by molar-refractivity contribution is 0.318. The van der Waals surface area contributed by atoms with Crippen molar-refractivity contribution < 1.29 is 9.15 Å². The van der Waals surface area contributed by atoms with Gasteiger partial charge in [0.1, 0.15) is 5.75 Å². The molecule has 0 amide bonds. The van der Waals surface area contributed by atoms with E-state index in [4.69, 9.17) is 9.15 Å². The van der Waals surface area contributed by atoms with Crippen molar-refractivity contribution in [3.8, 4) is 17.3 Å². The summed E-state index contributed by atoms with van der Waals surface area (Å²) in [6.07, 6.45) is 2.60. The number of para-hydroxylation sites is 1. The maximum absolute atomic E-state index is 5.69. The van der Waals surface area contributed by atoms with Crippen LogP contribution in [0.1, 0.15) is 13.3 Å². The smallest absolute Gasteiger partial charge is 0.200 e. The molecule has 2 heterocycles. The first kappa shape index (κ1) is 15.7. The summed E-state index contributed by atoms with van der Waals surface area (Å²) in [5.74, 6) is 3.37. The Kier molecular flexibility index (Phi) is 5.37. The molecule has 2 aromatic heterocycles. The lowest BCUT2D eigenvalue weighted by Crippen LogP contribution is -2.01. The maximum atomic E-state index is 5.69. The molecule has 0 saturated carbocycles. The van der Waals surface area contributed by atoms with Crippen molar-refractivity contribution >= 4 is 11.8 Å². The van der Waals surface area contributed by atoms with Gasteiger partial charge >= 0.3 is 0 Å². The van der Waals surface area contributed by atoms with Crippen molar-refractivity contribution in [2.75, 3.05) is 12.4 Å². The minimum absolute atomic E-state index is 0.697. The van der Waals surface area contributed by atoms with Crippen molar-refractivity contribution in [1.82, 2.24) is 14.8 Å². The standard InChI is InChI=1S/C17H19N3O2S/c1-2-20-16(15-10-6-11-22-15)18-19-17(20)23-13-7-12-21-14-8-4-3-5-9-14/h3-6,8-11H,2,7,12-13H2,1H3. The Labute approximate surface area is 139 Å². The maximum Gasteiger partial charge on any atom is 0.200 e. The fourth-order valence-electron chi connectivity index (χ4n) is 2.20. The normalized spacial score (nSPS) is 10.8. The van der Waals surface area contributed by atoms with Crippen molar-refractivity contribution in [2.24, 2.45) is 0 Å². The van der Waals surface area contributed by atoms with E-state index in [2.05, 4.69) is 21.7 Å². The van der Waals surface area contributed by atoms with Crippen LogP contribution in [0.25, 0.3) is 11.6 Å². The van der Waals surface area contributed by atoms with Gasteiger partial charge < -0.3 is 9.15 Å². The van der Waals surface area contributed by atoms with Crippen LogP contribution < -0.4 is 4.74 Å². The van der Waals surface area contributed by atoms with Crippen LogP contribution in [-0.2, 0) is 6.54 Å². The number of rotatable bonds is 8. The van der Waals surface area contributed by atoms with Crippen molar-refractivity contribution in [1.29, 1.82) is 0 Å². The van der Waals surface area contributed by atoms with Gasteiger partial charge in [-0.25, -0.2) is 0 Å². The second-order valence-corrected chi connectivity index (χ2v) is 5.95. The summed E-state index contributed by atoms with van der Waals surface area (Å²) in [5.41, 5.74) is 0. The summed E-state index contributed by atoms with van der Waals surface area (Å²) in [5, 5.41) is 9.43. The molecule has 0 N–H and O–H groups in total. The number of hydrogen-bond donors (Lipinski definition) is 0. The lowest BCUT2D eigenvalue weighted by Gasteiger charge is -2.07. The predicted molar refractivity (Wildman–Crippen MR) is 90.7 cm³/mol. The molecule has 1 aromatic carbocycles. The number of aromatic nitrogens is 3. The molecule has 0 unspecified atom stereocenters. The van der Waals surface area contributed by atoms with Crippen LogP contribution in [0.15, 0.2) is 58.3 Å². The molecular formula is C17H19N3O2S. The van der Waals surface area contributed by atoms with Gasteiger partial charge in [-0.1, -0.05) is 30.0 Å². The molecule has 0 radical (unpaired) electrons. The number of ether oxygens (including phenoxy) is 1. The van der Waals surface area contributed by atoms with Gasteiger partial charge in [-0.05, 0) is 37.6 Å². The Morgan fingerprint density at radius 2 is 2.00 bits per heavy atom. The molecule has 0 saturated heterocycles. The van der Waals surface area contributed by atoms with Crippen molar-refractivity contribution in [2.45, 2.75) is 25.0 Å².